The summed E-state index contributed by atoms with van der Waals surface area (Å²) in [6, 6.07) is 7.05. The molecule has 1 aliphatic rings. The van der Waals surface area contributed by atoms with Crippen LogP contribution in [0, 0.1) is 11.8 Å². The molecule has 102 valence electrons. The van der Waals surface area contributed by atoms with E-state index in [0.29, 0.717) is 12.2 Å². The molecule has 19 heavy (non-hydrogen) atoms. The molecule has 0 saturated carbocycles. The minimum atomic E-state index is -0.844. The van der Waals surface area contributed by atoms with Gasteiger partial charge in [-0.2, -0.15) is 0 Å². The van der Waals surface area contributed by atoms with E-state index in [1.54, 1.807) is 11.0 Å². The Morgan fingerprint density at radius 2 is 2.05 bits per heavy atom. The lowest BCUT2D eigenvalue weighted by Crippen LogP contribution is -2.33. The number of aliphatic carboxylic acids is 1. The van der Waals surface area contributed by atoms with Crippen LogP contribution in [-0.2, 0) is 4.79 Å². The third kappa shape index (κ3) is 3.07. The SMILES string of the molecule is C[C@@H]1CN(C(=O)Nc2ccccc2Br)C[C@H]1C(=O)O. The van der Waals surface area contributed by atoms with Gasteiger partial charge in [0.05, 0.1) is 11.6 Å². The summed E-state index contributed by atoms with van der Waals surface area (Å²) in [5.74, 6) is -1.35. The van der Waals surface area contributed by atoms with E-state index in [1.165, 1.54) is 0 Å². The van der Waals surface area contributed by atoms with Crippen LogP contribution in [0.1, 0.15) is 6.92 Å². The molecule has 2 atom stereocenters. The number of urea groups is 1. The predicted molar refractivity (Wildman–Crippen MR) is 75.0 cm³/mol. The maximum atomic E-state index is 12.1. The van der Waals surface area contributed by atoms with E-state index in [0.717, 1.165) is 4.47 Å². The molecule has 1 aliphatic heterocycles. The third-order valence-corrected chi connectivity index (χ3v) is 4.02. The Morgan fingerprint density at radius 1 is 1.37 bits per heavy atom. The number of anilines is 1. The molecule has 0 spiro atoms. The fourth-order valence-corrected chi connectivity index (χ4v) is 2.59. The number of hydrogen-bond donors (Lipinski definition) is 2. The van der Waals surface area contributed by atoms with Gasteiger partial charge in [0.2, 0.25) is 0 Å². The van der Waals surface area contributed by atoms with Crippen LogP contribution in [0.3, 0.4) is 0 Å². The summed E-state index contributed by atoms with van der Waals surface area (Å²) >= 11 is 3.35. The number of rotatable bonds is 2. The Morgan fingerprint density at radius 3 is 2.63 bits per heavy atom. The van der Waals surface area contributed by atoms with Crippen molar-refractivity contribution in [1.82, 2.24) is 4.90 Å². The average molecular weight is 327 g/mol. The van der Waals surface area contributed by atoms with E-state index in [9.17, 15) is 9.59 Å². The molecule has 0 unspecified atom stereocenters. The van der Waals surface area contributed by atoms with E-state index in [2.05, 4.69) is 21.2 Å². The maximum Gasteiger partial charge on any atom is 0.321 e. The Balaban J connectivity index is 2.02. The maximum absolute atomic E-state index is 12.1. The summed E-state index contributed by atoms with van der Waals surface area (Å²) in [5.41, 5.74) is 0.680. The number of likely N-dealkylation sites (tertiary alicyclic amines) is 1. The van der Waals surface area contributed by atoms with Crippen molar-refractivity contribution in [2.45, 2.75) is 6.92 Å². The highest BCUT2D eigenvalue weighted by Crippen LogP contribution is 2.25. The molecule has 0 radical (unpaired) electrons. The number of benzene rings is 1. The number of para-hydroxylation sites is 1. The molecule has 2 amide bonds. The number of carboxylic acids is 1. The monoisotopic (exact) mass is 326 g/mol. The van der Waals surface area contributed by atoms with Crippen LogP contribution in [0.5, 0.6) is 0 Å². The fraction of sp³-hybridized carbons (Fsp3) is 0.385. The number of amides is 2. The van der Waals surface area contributed by atoms with Crippen molar-refractivity contribution in [1.29, 1.82) is 0 Å². The molecule has 1 saturated heterocycles. The van der Waals surface area contributed by atoms with Gasteiger partial charge in [0.15, 0.2) is 0 Å². The molecule has 1 aromatic rings. The number of nitrogens with one attached hydrogen (secondary N) is 1. The Labute approximate surface area is 119 Å². The molecular weight excluding hydrogens is 312 g/mol. The summed E-state index contributed by atoms with van der Waals surface area (Å²) in [6.07, 6.45) is 0. The van der Waals surface area contributed by atoms with Crippen molar-refractivity contribution in [3.05, 3.63) is 28.7 Å². The molecule has 1 heterocycles. The molecule has 0 aliphatic carbocycles. The number of carboxylic acid groups (broad SMARTS) is 1. The Kier molecular flexibility index (Phi) is 4.09. The fourth-order valence-electron chi connectivity index (χ4n) is 2.21. The van der Waals surface area contributed by atoms with Gasteiger partial charge in [-0.1, -0.05) is 19.1 Å². The first kappa shape index (κ1) is 13.9. The van der Waals surface area contributed by atoms with E-state index in [-0.39, 0.29) is 18.5 Å². The van der Waals surface area contributed by atoms with Gasteiger partial charge in [-0.05, 0) is 34.0 Å². The first-order valence-electron chi connectivity index (χ1n) is 6.02. The number of halogens is 1. The Hall–Kier alpha value is -1.56. The largest absolute Gasteiger partial charge is 0.481 e. The van der Waals surface area contributed by atoms with Crippen LogP contribution in [0.25, 0.3) is 0 Å². The van der Waals surface area contributed by atoms with Crippen LogP contribution in [0.15, 0.2) is 28.7 Å². The number of carbonyl (C=O) groups is 2. The van der Waals surface area contributed by atoms with Crippen molar-refractivity contribution in [2.75, 3.05) is 18.4 Å². The van der Waals surface area contributed by atoms with Crippen molar-refractivity contribution < 1.29 is 14.7 Å². The van der Waals surface area contributed by atoms with Crippen LogP contribution in [0.4, 0.5) is 10.5 Å². The molecule has 2 N–H and O–H groups in total. The summed E-state index contributed by atoms with van der Waals surface area (Å²) in [4.78, 5) is 24.7. The molecule has 0 bridgehead atoms. The zero-order valence-corrected chi connectivity index (χ0v) is 12.1. The summed E-state index contributed by atoms with van der Waals surface area (Å²) in [7, 11) is 0. The van der Waals surface area contributed by atoms with Gasteiger partial charge in [-0.25, -0.2) is 4.79 Å². The van der Waals surface area contributed by atoms with Gasteiger partial charge >= 0.3 is 12.0 Å². The second kappa shape index (κ2) is 5.61. The minimum Gasteiger partial charge on any atom is -0.481 e. The highest BCUT2D eigenvalue weighted by Gasteiger charge is 2.36. The molecule has 2 rings (SSSR count). The smallest absolute Gasteiger partial charge is 0.321 e. The van der Waals surface area contributed by atoms with E-state index >= 15 is 0 Å². The zero-order valence-electron chi connectivity index (χ0n) is 10.5. The first-order valence-corrected chi connectivity index (χ1v) is 6.81. The summed E-state index contributed by atoms with van der Waals surface area (Å²) < 4.78 is 0.797. The lowest BCUT2D eigenvalue weighted by Gasteiger charge is -2.17. The second-order valence-electron chi connectivity index (χ2n) is 4.74. The van der Waals surface area contributed by atoms with Gasteiger partial charge in [-0.15, -0.1) is 0 Å². The van der Waals surface area contributed by atoms with E-state index in [1.807, 2.05) is 25.1 Å². The first-order chi connectivity index (χ1) is 8.99. The molecular formula is C13H15BrN2O3. The Bertz CT molecular complexity index is 506. The van der Waals surface area contributed by atoms with Gasteiger partial charge < -0.3 is 15.3 Å². The number of hydrogen-bond acceptors (Lipinski definition) is 2. The van der Waals surface area contributed by atoms with Crippen molar-refractivity contribution in [2.24, 2.45) is 11.8 Å². The number of nitrogens with zero attached hydrogens (tertiary/aromatic N) is 1. The van der Waals surface area contributed by atoms with Crippen LogP contribution < -0.4 is 5.32 Å². The molecule has 1 aromatic carbocycles. The normalized spacial score (nSPS) is 22.3. The van der Waals surface area contributed by atoms with Crippen LogP contribution >= 0.6 is 15.9 Å². The predicted octanol–water partition coefficient (Wildman–Crippen LogP) is 2.63. The standard InChI is InChI=1S/C13H15BrN2O3/c1-8-6-16(7-9(8)12(17)18)13(19)15-11-5-3-2-4-10(11)14/h2-5,8-9H,6-7H2,1H3,(H,15,19)(H,17,18)/t8-,9-/m1/s1. The lowest BCUT2D eigenvalue weighted by atomic mass is 9.99. The average Bonchev–Trinajstić information content (AvgIpc) is 2.74. The van der Waals surface area contributed by atoms with Gasteiger partial charge in [0.1, 0.15) is 0 Å². The molecule has 1 fully saturated rings. The number of carbonyl (C=O) groups excluding carboxylic acids is 1. The van der Waals surface area contributed by atoms with Gasteiger partial charge in [-0.3, -0.25) is 4.79 Å². The highest BCUT2D eigenvalue weighted by molar-refractivity contribution is 9.10. The molecule has 6 heteroatoms. The van der Waals surface area contributed by atoms with Crippen molar-refractivity contribution in [3.63, 3.8) is 0 Å². The lowest BCUT2D eigenvalue weighted by molar-refractivity contribution is -0.142. The third-order valence-electron chi connectivity index (χ3n) is 3.33. The van der Waals surface area contributed by atoms with Crippen LogP contribution in [0.2, 0.25) is 0 Å². The topological polar surface area (TPSA) is 69.6 Å². The van der Waals surface area contributed by atoms with E-state index < -0.39 is 11.9 Å². The summed E-state index contributed by atoms with van der Waals surface area (Å²) in [6.45, 7) is 2.57. The van der Waals surface area contributed by atoms with Gasteiger partial charge in [0.25, 0.3) is 0 Å². The van der Waals surface area contributed by atoms with Crippen molar-refractivity contribution >= 4 is 33.6 Å². The molecule has 0 aromatic heterocycles. The summed E-state index contributed by atoms with van der Waals surface area (Å²) in [5, 5.41) is 11.8. The van der Waals surface area contributed by atoms with Crippen molar-refractivity contribution in [3.8, 4) is 0 Å². The minimum absolute atomic E-state index is 0.0255. The molecule has 5 nitrogen and oxygen atoms in total. The quantitative estimate of drug-likeness (QED) is 0.877. The second-order valence-corrected chi connectivity index (χ2v) is 5.59. The highest BCUT2D eigenvalue weighted by atomic mass is 79.9. The van der Waals surface area contributed by atoms with Crippen LogP contribution in [-0.4, -0.2) is 35.1 Å². The zero-order chi connectivity index (χ0) is 14.0. The van der Waals surface area contributed by atoms with Gasteiger partial charge in [0, 0.05) is 17.6 Å². The van der Waals surface area contributed by atoms with E-state index in [4.69, 9.17) is 5.11 Å².